The lowest BCUT2D eigenvalue weighted by Crippen LogP contribution is -2.62. The Morgan fingerprint density at radius 1 is 1.08 bits per heavy atom. The lowest BCUT2D eigenvalue weighted by atomic mass is 10.1. The summed E-state index contributed by atoms with van der Waals surface area (Å²) in [6.45, 7) is 8.34. The molecule has 0 aromatic heterocycles. The highest BCUT2D eigenvalue weighted by Crippen LogP contribution is 2.21. The molecular weight excluding hydrogens is 298 g/mol. The van der Waals surface area contributed by atoms with Gasteiger partial charge in [0.1, 0.15) is 0 Å². The van der Waals surface area contributed by atoms with Crippen LogP contribution in [-0.4, -0.2) is 48.1 Å². The molecule has 0 saturated carbocycles. The minimum absolute atomic E-state index is 0.00878. The van der Waals surface area contributed by atoms with Crippen molar-refractivity contribution in [2.24, 2.45) is 0 Å². The number of likely N-dealkylation sites (tertiary alicyclic amines) is 1. The van der Waals surface area contributed by atoms with Gasteiger partial charge in [0, 0.05) is 24.8 Å². The standard InChI is InChI=1S/C20H27N3O/c1-3-11-22(12-4-2)19-14-23(15-19)20(24)21-18-10-9-16-7-5-6-8-17(16)13-18/h5-10,13,19H,3-4,11-12,14-15H2,1-2H3,(H,21,24). The van der Waals surface area contributed by atoms with E-state index in [1.54, 1.807) is 0 Å². The van der Waals surface area contributed by atoms with E-state index in [1.165, 1.54) is 18.2 Å². The molecule has 24 heavy (non-hydrogen) atoms. The molecule has 2 amide bonds. The van der Waals surface area contributed by atoms with Gasteiger partial charge in [-0.15, -0.1) is 0 Å². The topological polar surface area (TPSA) is 35.6 Å². The fourth-order valence-electron chi connectivity index (χ4n) is 3.37. The molecule has 0 unspecified atom stereocenters. The lowest BCUT2D eigenvalue weighted by molar-refractivity contribution is 0.0614. The number of anilines is 1. The fraction of sp³-hybridized carbons (Fsp3) is 0.450. The van der Waals surface area contributed by atoms with Crippen molar-refractivity contribution in [2.75, 3.05) is 31.5 Å². The molecule has 1 fully saturated rings. The van der Waals surface area contributed by atoms with Crippen molar-refractivity contribution in [1.82, 2.24) is 9.80 Å². The highest BCUT2D eigenvalue weighted by Gasteiger charge is 2.34. The van der Waals surface area contributed by atoms with Crippen molar-refractivity contribution in [3.63, 3.8) is 0 Å². The van der Waals surface area contributed by atoms with E-state index in [9.17, 15) is 4.79 Å². The van der Waals surface area contributed by atoms with E-state index in [0.29, 0.717) is 6.04 Å². The number of nitrogens with one attached hydrogen (secondary N) is 1. The molecule has 1 aliphatic heterocycles. The Bertz CT molecular complexity index is 688. The summed E-state index contributed by atoms with van der Waals surface area (Å²) in [6, 6.07) is 14.8. The third-order valence-corrected chi connectivity index (χ3v) is 4.69. The smallest absolute Gasteiger partial charge is 0.321 e. The van der Waals surface area contributed by atoms with Gasteiger partial charge in [-0.1, -0.05) is 44.2 Å². The van der Waals surface area contributed by atoms with Crippen LogP contribution in [0.1, 0.15) is 26.7 Å². The monoisotopic (exact) mass is 325 g/mol. The molecule has 1 aliphatic rings. The van der Waals surface area contributed by atoms with Crippen molar-refractivity contribution < 1.29 is 4.79 Å². The van der Waals surface area contributed by atoms with Crippen LogP contribution in [0.15, 0.2) is 42.5 Å². The first-order chi connectivity index (χ1) is 11.7. The molecule has 1 heterocycles. The number of hydrogen-bond acceptors (Lipinski definition) is 2. The number of fused-ring (bicyclic) bond motifs is 1. The van der Waals surface area contributed by atoms with E-state index in [2.05, 4.69) is 36.2 Å². The zero-order valence-electron chi connectivity index (χ0n) is 14.7. The highest BCUT2D eigenvalue weighted by atomic mass is 16.2. The van der Waals surface area contributed by atoms with E-state index in [1.807, 2.05) is 35.2 Å². The molecular formula is C20H27N3O. The van der Waals surface area contributed by atoms with Crippen LogP contribution >= 0.6 is 0 Å². The second-order valence-electron chi connectivity index (χ2n) is 6.59. The summed E-state index contributed by atoms with van der Waals surface area (Å²) in [6.07, 6.45) is 2.33. The number of hydrogen-bond donors (Lipinski definition) is 1. The van der Waals surface area contributed by atoms with Crippen molar-refractivity contribution >= 4 is 22.5 Å². The Morgan fingerprint density at radius 2 is 1.75 bits per heavy atom. The van der Waals surface area contributed by atoms with E-state index in [0.717, 1.165) is 37.3 Å². The first-order valence-corrected chi connectivity index (χ1v) is 9.00. The van der Waals surface area contributed by atoms with Gasteiger partial charge in [-0.3, -0.25) is 4.90 Å². The molecule has 0 aliphatic carbocycles. The summed E-state index contributed by atoms with van der Waals surface area (Å²) in [7, 11) is 0. The number of nitrogens with zero attached hydrogens (tertiary/aromatic N) is 2. The average Bonchev–Trinajstić information content (AvgIpc) is 2.54. The third-order valence-electron chi connectivity index (χ3n) is 4.69. The first-order valence-electron chi connectivity index (χ1n) is 9.00. The van der Waals surface area contributed by atoms with Crippen molar-refractivity contribution in [1.29, 1.82) is 0 Å². The normalized spacial score (nSPS) is 14.9. The van der Waals surface area contributed by atoms with Gasteiger partial charge in [-0.05, 0) is 48.8 Å². The molecule has 0 radical (unpaired) electrons. The van der Waals surface area contributed by atoms with Gasteiger partial charge in [0.2, 0.25) is 0 Å². The Labute approximate surface area is 144 Å². The second-order valence-corrected chi connectivity index (χ2v) is 6.59. The maximum atomic E-state index is 12.4. The van der Waals surface area contributed by atoms with Crippen LogP contribution in [0, 0.1) is 0 Å². The molecule has 0 atom stereocenters. The van der Waals surface area contributed by atoms with Gasteiger partial charge in [0.05, 0.1) is 0 Å². The number of benzene rings is 2. The molecule has 1 N–H and O–H groups in total. The van der Waals surface area contributed by atoms with Crippen LogP contribution in [0.5, 0.6) is 0 Å². The maximum absolute atomic E-state index is 12.4. The minimum Gasteiger partial charge on any atom is -0.321 e. The number of amides is 2. The van der Waals surface area contributed by atoms with Gasteiger partial charge in [0.15, 0.2) is 0 Å². The van der Waals surface area contributed by atoms with Crippen LogP contribution in [0.25, 0.3) is 10.8 Å². The summed E-state index contributed by atoms with van der Waals surface area (Å²) >= 11 is 0. The second kappa shape index (κ2) is 7.67. The minimum atomic E-state index is 0.00878. The highest BCUT2D eigenvalue weighted by molar-refractivity contribution is 5.93. The Hall–Kier alpha value is -2.07. The molecule has 4 nitrogen and oxygen atoms in total. The van der Waals surface area contributed by atoms with Gasteiger partial charge in [-0.25, -0.2) is 4.79 Å². The summed E-state index contributed by atoms with van der Waals surface area (Å²) in [5.74, 6) is 0. The quantitative estimate of drug-likeness (QED) is 0.865. The largest absolute Gasteiger partial charge is 0.321 e. The molecule has 128 valence electrons. The van der Waals surface area contributed by atoms with Crippen LogP contribution in [-0.2, 0) is 0 Å². The first kappa shape index (κ1) is 16.8. The van der Waals surface area contributed by atoms with Gasteiger partial charge in [-0.2, -0.15) is 0 Å². The maximum Gasteiger partial charge on any atom is 0.321 e. The van der Waals surface area contributed by atoms with Crippen LogP contribution in [0.3, 0.4) is 0 Å². The molecule has 0 spiro atoms. The molecule has 4 heteroatoms. The third kappa shape index (κ3) is 3.70. The molecule has 0 bridgehead atoms. The van der Waals surface area contributed by atoms with Crippen molar-refractivity contribution in [3.05, 3.63) is 42.5 Å². The van der Waals surface area contributed by atoms with Crippen LogP contribution in [0.2, 0.25) is 0 Å². The zero-order valence-corrected chi connectivity index (χ0v) is 14.7. The van der Waals surface area contributed by atoms with E-state index < -0.39 is 0 Å². The van der Waals surface area contributed by atoms with Crippen LogP contribution < -0.4 is 5.32 Å². The van der Waals surface area contributed by atoms with E-state index >= 15 is 0 Å². The number of carbonyl (C=O) groups is 1. The van der Waals surface area contributed by atoms with E-state index in [-0.39, 0.29) is 6.03 Å². The average molecular weight is 325 g/mol. The zero-order chi connectivity index (χ0) is 16.9. The predicted octanol–water partition coefficient (Wildman–Crippen LogP) is 4.18. The number of carbonyl (C=O) groups excluding carboxylic acids is 1. The number of rotatable bonds is 6. The summed E-state index contributed by atoms with van der Waals surface area (Å²) in [4.78, 5) is 16.8. The summed E-state index contributed by atoms with van der Waals surface area (Å²) < 4.78 is 0. The van der Waals surface area contributed by atoms with Gasteiger partial charge in [0.25, 0.3) is 0 Å². The number of urea groups is 1. The Balaban J connectivity index is 1.56. The Morgan fingerprint density at radius 3 is 2.42 bits per heavy atom. The predicted molar refractivity (Wildman–Crippen MR) is 100 cm³/mol. The molecule has 2 aromatic rings. The summed E-state index contributed by atoms with van der Waals surface area (Å²) in [5.41, 5.74) is 0.862. The Kier molecular flexibility index (Phi) is 5.36. The van der Waals surface area contributed by atoms with Crippen molar-refractivity contribution in [2.45, 2.75) is 32.7 Å². The van der Waals surface area contributed by atoms with Gasteiger partial charge < -0.3 is 10.2 Å². The molecule has 2 aromatic carbocycles. The van der Waals surface area contributed by atoms with E-state index in [4.69, 9.17) is 0 Å². The fourth-order valence-corrected chi connectivity index (χ4v) is 3.37. The molecule has 3 rings (SSSR count). The van der Waals surface area contributed by atoms with Crippen molar-refractivity contribution in [3.8, 4) is 0 Å². The lowest BCUT2D eigenvalue weighted by Gasteiger charge is -2.45. The van der Waals surface area contributed by atoms with Crippen LogP contribution in [0.4, 0.5) is 10.5 Å². The molecule has 1 saturated heterocycles. The SMILES string of the molecule is CCCN(CCC)C1CN(C(=O)Nc2ccc3ccccc3c2)C1. The van der Waals surface area contributed by atoms with Gasteiger partial charge >= 0.3 is 6.03 Å². The summed E-state index contributed by atoms with van der Waals surface area (Å²) in [5, 5.41) is 5.36.